The van der Waals surface area contributed by atoms with Crippen molar-refractivity contribution in [3.05, 3.63) is 106 Å². The van der Waals surface area contributed by atoms with Crippen molar-refractivity contribution in [1.82, 2.24) is 20.1 Å². The molecule has 0 fully saturated rings. The van der Waals surface area contributed by atoms with E-state index in [1.807, 2.05) is 49.4 Å². The molecule has 0 bridgehead atoms. The lowest BCUT2D eigenvalue weighted by Gasteiger charge is -2.23. The first-order valence-corrected chi connectivity index (χ1v) is 11.9. The third-order valence-electron chi connectivity index (χ3n) is 6.28. The lowest BCUT2D eigenvalue weighted by molar-refractivity contribution is -0.205. The Morgan fingerprint density at radius 3 is 2.61 bits per heavy atom. The van der Waals surface area contributed by atoms with Crippen LogP contribution in [0.3, 0.4) is 0 Å². The average Bonchev–Trinajstić information content (AvgIpc) is 3.42. The van der Waals surface area contributed by atoms with E-state index < -0.39 is 24.3 Å². The highest BCUT2D eigenvalue weighted by atomic mass is 19.4. The van der Waals surface area contributed by atoms with Crippen LogP contribution in [0.4, 0.5) is 24.8 Å². The largest absolute Gasteiger partial charge is 0.490 e. The lowest BCUT2D eigenvalue weighted by Crippen LogP contribution is -2.36. The van der Waals surface area contributed by atoms with Crippen LogP contribution in [0.15, 0.2) is 77.6 Å². The smallest absolute Gasteiger partial charge is 0.453 e. The molecule has 196 valence electrons. The molecule has 0 saturated carbocycles. The van der Waals surface area contributed by atoms with Gasteiger partial charge in [0.2, 0.25) is 5.95 Å². The summed E-state index contributed by atoms with van der Waals surface area (Å²) in [5.74, 6) is -1.92. The Bertz CT molecular complexity index is 1510. The Morgan fingerprint density at radius 2 is 1.87 bits per heavy atom. The summed E-state index contributed by atoms with van der Waals surface area (Å²) >= 11 is 0. The summed E-state index contributed by atoms with van der Waals surface area (Å²) in [5, 5.41) is 10.6. The molecule has 2 atom stereocenters. The number of hydrogen-bond donors (Lipinski definition) is 3. The molecule has 0 radical (unpaired) electrons. The normalized spacial score (nSPS) is 16.7. The van der Waals surface area contributed by atoms with Crippen molar-refractivity contribution in [2.45, 2.75) is 38.2 Å². The van der Waals surface area contributed by atoms with Gasteiger partial charge in [0.25, 0.3) is 0 Å². The summed E-state index contributed by atoms with van der Waals surface area (Å²) in [4.78, 5) is 26.5. The number of aromatic amines is 1. The number of halogens is 3. The predicted molar refractivity (Wildman–Crippen MR) is 134 cm³/mol. The number of rotatable bonds is 7. The zero-order chi connectivity index (χ0) is 26.9. The number of benzene rings is 3. The molecular formula is C27H24F3N5O3. The highest BCUT2D eigenvalue weighted by molar-refractivity contribution is 5.76. The molecule has 0 unspecified atom stereocenters. The van der Waals surface area contributed by atoms with Gasteiger partial charge >= 0.3 is 17.8 Å². The van der Waals surface area contributed by atoms with E-state index >= 15 is 0 Å². The number of alkyl halides is 3. The van der Waals surface area contributed by atoms with Crippen LogP contribution in [0, 0.1) is 6.92 Å². The summed E-state index contributed by atoms with van der Waals surface area (Å²) < 4.78 is 44.5. The minimum Gasteiger partial charge on any atom is -0.453 e. The Labute approximate surface area is 215 Å². The summed E-state index contributed by atoms with van der Waals surface area (Å²) in [7, 11) is 0. The zero-order valence-electron chi connectivity index (χ0n) is 20.3. The van der Waals surface area contributed by atoms with Gasteiger partial charge in [0.1, 0.15) is 6.10 Å². The molecule has 1 aliphatic carbocycles. The van der Waals surface area contributed by atoms with E-state index in [4.69, 9.17) is 4.74 Å². The number of nitrogens with one attached hydrogen (secondary N) is 3. The van der Waals surface area contributed by atoms with Gasteiger partial charge in [0, 0.05) is 18.7 Å². The van der Waals surface area contributed by atoms with E-state index in [1.54, 1.807) is 30.3 Å². The zero-order valence-corrected chi connectivity index (χ0v) is 20.3. The fourth-order valence-electron chi connectivity index (χ4n) is 4.50. The SMILES string of the molecule is Cc1cccc(-n2nc(Nc3ccc(CN[C@@H]4c5ccccc5C[C@@H]4OC(=O)C(F)(F)F)cc3)[nH]c2=O)c1. The summed E-state index contributed by atoms with van der Waals surface area (Å²) in [5.41, 5.74) is 4.45. The number of carbonyl (C=O) groups excluding carboxylic acids is 1. The van der Waals surface area contributed by atoms with Gasteiger partial charge in [0.05, 0.1) is 11.7 Å². The molecule has 38 heavy (non-hydrogen) atoms. The quantitative estimate of drug-likeness (QED) is 0.309. The first-order valence-electron chi connectivity index (χ1n) is 11.9. The van der Waals surface area contributed by atoms with Gasteiger partial charge in [-0.2, -0.15) is 17.9 Å². The van der Waals surface area contributed by atoms with Crippen molar-refractivity contribution < 1.29 is 22.7 Å². The Hall–Kier alpha value is -4.38. The molecule has 3 N–H and O–H groups in total. The molecule has 0 spiro atoms. The fourth-order valence-corrected chi connectivity index (χ4v) is 4.50. The Balaban J connectivity index is 1.25. The minimum atomic E-state index is -5.05. The van der Waals surface area contributed by atoms with E-state index in [1.165, 1.54) is 4.68 Å². The van der Waals surface area contributed by atoms with Crippen molar-refractivity contribution in [3.63, 3.8) is 0 Å². The molecule has 1 aromatic heterocycles. The van der Waals surface area contributed by atoms with Crippen LogP contribution in [-0.2, 0) is 22.5 Å². The van der Waals surface area contributed by atoms with Gasteiger partial charge in [-0.25, -0.2) is 9.59 Å². The van der Waals surface area contributed by atoms with Gasteiger partial charge in [-0.05, 0) is 53.4 Å². The molecule has 0 aliphatic heterocycles. The van der Waals surface area contributed by atoms with Gasteiger partial charge in [0.15, 0.2) is 0 Å². The van der Waals surface area contributed by atoms with Gasteiger partial charge in [-0.1, -0.05) is 48.5 Å². The monoisotopic (exact) mass is 523 g/mol. The topological polar surface area (TPSA) is 101 Å². The van der Waals surface area contributed by atoms with E-state index in [2.05, 4.69) is 20.7 Å². The number of H-pyrrole nitrogens is 1. The average molecular weight is 524 g/mol. The van der Waals surface area contributed by atoms with Crippen molar-refractivity contribution in [2.75, 3.05) is 5.32 Å². The van der Waals surface area contributed by atoms with Gasteiger partial charge in [-0.15, -0.1) is 5.10 Å². The number of ether oxygens (including phenoxy) is 1. The fraction of sp³-hybridized carbons (Fsp3) is 0.222. The maximum atomic E-state index is 12.8. The van der Waals surface area contributed by atoms with E-state index in [0.29, 0.717) is 17.9 Å². The second kappa shape index (κ2) is 10.2. The van der Waals surface area contributed by atoms with E-state index in [9.17, 15) is 22.8 Å². The standard InChI is InChI=1S/C27H24F3N5O3/c1-16-5-4-7-20(13-16)35-26(37)33-25(34-35)32-19-11-9-17(10-12-19)15-31-23-21-8-3-2-6-18(21)14-22(23)38-24(36)27(28,29)30/h2-13,22-23,31H,14-15H2,1H3,(H2,32,33,34,37)/t22-,23+/m0/s1. The van der Waals surface area contributed by atoms with E-state index in [-0.39, 0.29) is 18.1 Å². The van der Waals surface area contributed by atoms with Crippen LogP contribution in [0.1, 0.15) is 28.3 Å². The summed E-state index contributed by atoms with van der Waals surface area (Å²) in [6, 6.07) is 21.3. The second-order valence-corrected chi connectivity index (χ2v) is 9.05. The molecule has 8 nitrogen and oxygen atoms in total. The molecule has 3 aromatic carbocycles. The highest BCUT2D eigenvalue weighted by Gasteiger charge is 2.45. The van der Waals surface area contributed by atoms with Crippen LogP contribution in [-0.4, -0.2) is 33.0 Å². The number of anilines is 2. The lowest BCUT2D eigenvalue weighted by atomic mass is 10.1. The molecular weight excluding hydrogens is 499 g/mol. The summed E-state index contributed by atoms with van der Waals surface area (Å²) in [6.45, 7) is 2.26. The number of nitrogens with zero attached hydrogens (tertiary/aromatic N) is 2. The third kappa shape index (κ3) is 5.47. The van der Waals surface area contributed by atoms with Crippen LogP contribution in [0.2, 0.25) is 0 Å². The van der Waals surface area contributed by atoms with Crippen molar-refractivity contribution >= 4 is 17.6 Å². The van der Waals surface area contributed by atoms with Gasteiger partial charge < -0.3 is 15.4 Å². The Kier molecular flexibility index (Phi) is 6.77. The summed E-state index contributed by atoms with van der Waals surface area (Å²) in [6.07, 6.45) is -5.82. The van der Waals surface area contributed by atoms with Crippen LogP contribution >= 0.6 is 0 Å². The number of carbonyl (C=O) groups is 1. The molecule has 0 saturated heterocycles. The first kappa shape index (κ1) is 25.3. The van der Waals surface area contributed by atoms with Crippen molar-refractivity contribution in [3.8, 4) is 5.69 Å². The molecule has 1 heterocycles. The second-order valence-electron chi connectivity index (χ2n) is 9.05. The van der Waals surface area contributed by atoms with Gasteiger partial charge in [-0.3, -0.25) is 4.98 Å². The number of aryl methyl sites for hydroxylation is 1. The minimum absolute atomic E-state index is 0.200. The highest BCUT2D eigenvalue weighted by Crippen LogP contribution is 2.35. The molecule has 11 heteroatoms. The molecule has 5 rings (SSSR count). The molecule has 4 aromatic rings. The van der Waals surface area contributed by atoms with Crippen molar-refractivity contribution in [2.24, 2.45) is 0 Å². The maximum Gasteiger partial charge on any atom is 0.490 e. The number of esters is 1. The number of aromatic nitrogens is 3. The van der Waals surface area contributed by atoms with Crippen molar-refractivity contribution in [1.29, 1.82) is 0 Å². The molecule has 1 aliphatic rings. The Morgan fingerprint density at radius 1 is 1.11 bits per heavy atom. The third-order valence-corrected chi connectivity index (χ3v) is 6.28. The number of hydrogen-bond acceptors (Lipinski definition) is 6. The van der Waals surface area contributed by atoms with Crippen LogP contribution in [0.5, 0.6) is 0 Å². The first-order chi connectivity index (χ1) is 18.2. The van der Waals surface area contributed by atoms with E-state index in [0.717, 1.165) is 22.3 Å². The maximum absolute atomic E-state index is 12.8. The predicted octanol–water partition coefficient (Wildman–Crippen LogP) is 4.47. The molecule has 0 amide bonds. The van der Waals surface area contributed by atoms with Crippen LogP contribution < -0.4 is 16.3 Å². The number of fused-ring (bicyclic) bond motifs is 1. The van der Waals surface area contributed by atoms with Crippen LogP contribution in [0.25, 0.3) is 5.69 Å².